The molecule has 8 heteroatoms. The summed E-state index contributed by atoms with van der Waals surface area (Å²) in [5.41, 5.74) is 3.24. The normalized spacial score (nSPS) is 24.7. The van der Waals surface area contributed by atoms with E-state index in [2.05, 4.69) is 28.7 Å². The minimum Gasteiger partial charge on any atom is -0.375 e. The van der Waals surface area contributed by atoms with Crippen molar-refractivity contribution in [3.8, 4) is 6.07 Å². The van der Waals surface area contributed by atoms with Crippen molar-refractivity contribution in [2.24, 2.45) is 0 Å². The predicted molar refractivity (Wildman–Crippen MR) is 109 cm³/mol. The van der Waals surface area contributed by atoms with E-state index in [1.165, 1.54) is 16.0 Å². The number of rotatable bonds is 7. The fourth-order valence-electron chi connectivity index (χ4n) is 4.62. The second kappa shape index (κ2) is 9.72. The van der Waals surface area contributed by atoms with Gasteiger partial charge in [0, 0.05) is 13.0 Å². The molecular weight excluding hydrogens is 368 g/mol. The van der Waals surface area contributed by atoms with E-state index in [1.54, 1.807) is 4.90 Å². The monoisotopic (exact) mass is 403 g/mol. The molecule has 2 fully saturated rings. The summed E-state index contributed by atoms with van der Waals surface area (Å²) in [6.07, 6.45) is 3.48. The molecule has 3 aliphatic rings. The molecule has 0 amide bonds. The third-order valence-corrected chi connectivity index (χ3v) is 6.37. The van der Waals surface area contributed by atoms with Crippen molar-refractivity contribution in [2.45, 2.75) is 31.9 Å². The van der Waals surface area contributed by atoms with Crippen molar-refractivity contribution in [3.63, 3.8) is 0 Å². The van der Waals surface area contributed by atoms with Crippen LogP contribution in [-0.4, -0.2) is 72.2 Å². The van der Waals surface area contributed by atoms with Gasteiger partial charge in [-0.1, -0.05) is 0 Å². The van der Waals surface area contributed by atoms with Gasteiger partial charge >= 0.3 is 0 Å². The van der Waals surface area contributed by atoms with Crippen LogP contribution in [0.1, 0.15) is 29.5 Å². The van der Waals surface area contributed by atoms with Crippen molar-refractivity contribution >= 4 is 11.6 Å². The lowest BCUT2D eigenvalue weighted by Gasteiger charge is -2.25. The van der Waals surface area contributed by atoms with Gasteiger partial charge in [0.25, 0.3) is 0 Å². The van der Waals surface area contributed by atoms with Gasteiger partial charge in [-0.2, -0.15) is 5.26 Å². The number of anilines is 2. The van der Waals surface area contributed by atoms with Crippen LogP contribution in [0.2, 0.25) is 0 Å². The van der Waals surface area contributed by atoms with E-state index < -0.39 is 0 Å². The maximum atomic E-state index is 9.90. The number of pyridine rings is 1. The van der Waals surface area contributed by atoms with Crippen molar-refractivity contribution < 1.29 is 24.3 Å². The molecule has 0 aromatic carbocycles. The molecule has 1 aromatic rings. The summed E-state index contributed by atoms with van der Waals surface area (Å²) in [4.78, 5) is 6.56. The minimum atomic E-state index is 0.282. The van der Waals surface area contributed by atoms with Crippen LogP contribution in [0.4, 0.5) is 11.6 Å². The van der Waals surface area contributed by atoms with Crippen LogP contribution in [0.5, 0.6) is 0 Å². The molecule has 5 N–H and O–H groups in total. The van der Waals surface area contributed by atoms with E-state index >= 15 is 0 Å². The SMILES string of the molecule is C[NH+]1CCc2c(C#N)c(NCC[NH+]3CCOCC3)[nH+]c(NC[C@H]3CCCO3)c2C1. The summed E-state index contributed by atoms with van der Waals surface area (Å²) in [7, 11) is 2.22. The molecule has 0 saturated carbocycles. The lowest BCUT2D eigenvalue weighted by molar-refractivity contribution is -0.906. The largest absolute Gasteiger partial charge is 0.375 e. The zero-order valence-electron chi connectivity index (χ0n) is 17.5. The number of likely N-dealkylation sites (N-methyl/N-ethyl adjacent to an activating group) is 1. The lowest BCUT2D eigenvalue weighted by atomic mass is 9.96. The van der Waals surface area contributed by atoms with E-state index in [1.807, 2.05) is 0 Å². The lowest BCUT2D eigenvalue weighted by Crippen LogP contribution is -3.14. The van der Waals surface area contributed by atoms with Gasteiger partial charge < -0.3 is 24.6 Å². The first-order chi connectivity index (χ1) is 14.2. The van der Waals surface area contributed by atoms with Gasteiger partial charge in [0.2, 0.25) is 11.6 Å². The highest BCUT2D eigenvalue weighted by atomic mass is 16.5. The van der Waals surface area contributed by atoms with Crippen LogP contribution >= 0.6 is 0 Å². The van der Waals surface area contributed by atoms with Gasteiger partial charge in [-0.15, -0.1) is 0 Å². The Hall–Kier alpha value is -1.92. The number of nitrogens with zero attached hydrogens (tertiary/aromatic N) is 1. The zero-order chi connectivity index (χ0) is 20.1. The van der Waals surface area contributed by atoms with Crippen LogP contribution in [-0.2, 0) is 22.4 Å². The number of morpholine rings is 1. The highest BCUT2D eigenvalue weighted by Crippen LogP contribution is 2.25. The molecule has 0 spiro atoms. The number of hydrogen-bond donors (Lipinski definition) is 4. The number of nitriles is 1. The third kappa shape index (κ3) is 4.98. The van der Waals surface area contributed by atoms with Crippen molar-refractivity contribution in [1.29, 1.82) is 5.26 Å². The fourth-order valence-corrected chi connectivity index (χ4v) is 4.62. The summed E-state index contributed by atoms with van der Waals surface area (Å²) in [6, 6.07) is 2.47. The van der Waals surface area contributed by atoms with Crippen LogP contribution in [0, 0.1) is 11.3 Å². The number of H-pyrrole nitrogens is 1. The molecule has 0 radical (unpaired) electrons. The first kappa shape index (κ1) is 20.4. The Morgan fingerprint density at radius 2 is 2.00 bits per heavy atom. The minimum absolute atomic E-state index is 0.282. The molecule has 8 nitrogen and oxygen atoms in total. The van der Waals surface area contributed by atoms with Crippen LogP contribution in [0.3, 0.4) is 0 Å². The van der Waals surface area contributed by atoms with Gasteiger partial charge in [0.1, 0.15) is 44.4 Å². The molecular formula is C21H35N6O2+3. The number of aromatic nitrogens is 1. The maximum Gasteiger partial charge on any atom is 0.237 e. The summed E-state index contributed by atoms with van der Waals surface area (Å²) in [5, 5.41) is 17.0. The molecule has 4 heterocycles. The zero-order valence-corrected chi connectivity index (χ0v) is 17.5. The Bertz CT molecular complexity index is 738. The molecule has 29 heavy (non-hydrogen) atoms. The van der Waals surface area contributed by atoms with Crippen molar-refractivity contribution in [1.82, 2.24) is 0 Å². The number of nitrogens with one attached hydrogen (secondary N) is 5. The smallest absolute Gasteiger partial charge is 0.237 e. The Morgan fingerprint density at radius 3 is 2.76 bits per heavy atom. The fraction of sp³-hybridized carbons (Fsp3) is 0.714. The van der Waals surface area contributed by atoms with Crippen LogP contribution in [0.25, 0.3) is 0 Å². The third-order valence-electron chi connectivity index (χ3n) is 6.37. The first-order valence-electron chi connectivity index (χ1n) is 11.1. The molecule has 1 unspecified atom stereocenters. The van der Waals surface area contributed by atoms with Gasteiger partial charge in [0.15, 0.2) is 0 Å². The van der Waals surface area contributed by atoms with Crippen molar-refractivity contribution in [2.75, 3.05) is 76.8 Å². The van der Waals surface area contributed by atoms with E-state index in [-0.39, 0.29) is 6.10 Å². The maximum absolute atomic E-state index is 9.90. The molecule has 3 aliphatic heterocycles. The standard InChI is InChI=1S/C21H32N6O2/c1-26-6-4-17-18(13-22)20(23-5-7-27-8-11-28-12-9-27)25-21(19(17)15-26)24-14-16-3-2-10-29-16/h16H,2-12,14-15H2,1H3,(H2,23,24,25)/p+3/t16-/m1/s1. The van der Waals surface area contributed by atoms with E-state index in [9.17, 15) is 5.26 Å². The highest BCUT2D eigenvalue weighted by Gasteiger charge is 2.30. The van der Waals surface area contributed by atoms with E-state index in [0.717, 1.165) is 102 Å². The van der Waals surface area contributed by atoms with E-state index in [0.29, 0.717) is 0 Å². The summed E-state index contributed by atoms with van der Waals surface area (Å²) >= 11 is 0. The molecule has 158 valence electrons. The topological polar surface area (TPSA) is 89.3 Å². The Kier molecular flexibility index (Phi) is 6.82. The Balaban J connectivity index is 1.51. The van der Waals surface area contributed by atoms with Gasteiger partial charge in [-0.3, -0.25) is 5.32 Å². The van der Waals surface area contributed by atoms with Crippen LogP contribution < -0.4 is 25.4 Å². The van der Waals surface area contributed by atoms with Gasteiger partial charge in [0.05, 0.1) is 45.0 Å². The average molecular weight is 404 g/mol. The summed E-state index contributed by atoms with van der Waals surface area (Å²) < 4.78 is 11.2. The first-order valence-corrected chi connectivity index (χ1v) is 11.1. The van der Waals surface area contributed by atoms with Gasteiger partial charge in [-0.05, 0) is 18.4 Å². The number of ether oxygens (including phenoxy) is 2. The summed E-state index contributed by atoms with van der Waals surface area (Å²) in [5.74, 6) is 1.91. The highest BCUT2D eigenvalue weighted by molar-refractivity contribution is 5.60. The quantitative estimate of drug-likeness (QED) is 0.417. The molecule has 0 aliphatic carbocycles. The van der Waals surface area contributed by atoms with Crippen molar-refractivity contribution in [3.05, 3.63) is 16.7 Å². The van der Waals surface area contributed by atoms with E-state index in [4.69, 9.17) is 9.47 Å². The number of aromatic amines is 1. The van der Waals surface area contributed by atoms with Crippen LogP contribution in [0.15, 0.2) is 0 Å². The summed E-state index contributed by atoms with van der Waals surface area (Å²) in [6.45, 7) is 9.36. The predicted octanol–water partition coefficient (Wildman–Crippen LogP) is -2.14. The van der Waals surface area contributed by atoms with Gasteiger partial charge in [-0.25, -0.2) is 4.98 Å². The molecule has 2 atom stereocenters. The Labute approximate surface area is 173 Å². The molecule has 1 aromatic heterocycles. The Morgan fingerprint density at radius 1 is 1.14 bits per heavy atom. The molecule has 0 bridgehead atoms. The number of fused-ring (bicyclic) bond motifs is 1. The molecule has 2 saturated heterocycles. The second-order valence-corrected chi connectivity index (χ2v) is 8.51. The average Bonchev–Trinajstić information content (AvgIpc) is 3.26. The second-order valence-electron chi connectivity index (χ2n) is 8.51. The number of quaternary nitrogens is 2. The molecule has 4 rings (SSSR count). The number of hydrogen-bond acceptors (Lipinski definition) is 5.